The normalized spacial score (nSPS) is 11.6. The maximum atomic E-state index is 13.9. The summed E-state index contributed by atoms with van der Waals surface area (Å²) >= 11 is 0. The quantitative estimate of drug-likeness (QED) is 0.0603. The molecule has 57 heavy (non-hydrogen) atoms. The zero-order valence-corrected chi connectivity index (χ0v) is 30.8. The number of carboxylic acids is 1. The summed E-state index contributed by atoms with van der Waals surface area (Å²) in [6, 6.07) is 25.0. The molecule has 300 valence electrons. The Hall–Kier alpha value is -5.98. The third-order valence-electron chi connectivity index (χ3n) is 9.17. The molecule has 0 spiro atoms. The average Bonchev–Trinajstić information content (AvgIpc) is 3.18. The molecule has 0 fully saturated rings. The lowest BCUT2D eigenvalue weighted by molar-refractivity contribution is -0.138. The number of rotatable bonds is 18. The van der Waals surface area contributed by atoms with Gasteiger partial charge in [-0.1, -0.05) is 80.3 Å². The zero-order chi connectivity index (χ0) is 41.0. The summed E-state index contributed by atoms with van der Waals surface area (Å²) in [4.78, 5) is 24.9. The van der Waals surface area contributed by atoms with Crippen molar-refractivity contribution < 1.29 is 55.6 Å². The highest BCUT2D eigenvalue weighted by atomic mass is 19.4. The maximum absolute atomic E-state index is 13.9. The number of carbonyl (C=O) groups excluding carboxylic acids is 1. The molecule has 7 nitrogen and oxygen atoms in total. The summed E-state index contributed by atoms with van der Waals surface area (Å²) in [6.45, 7) is -0.221. The highest BCUT2D eigenvalue weighted by Crippen LogP contribution is 2.43. The maximum Gasteiger partial charge on any atom is 0.416 e. The Morgan fingerprint density at radius 1 is 0.614 bits per heavy atom. The number of carbonyl (C=O) groups is 2. The largest absolute Gasteiger partial charge is 0.507 e. The van der Waals surface area contributed by atoms with Crippen molar-refractivity contribution in [1.82, 2.24) is 5.32 Å². The van der Waals surface area contributed by atoms with Gasteiger partial charge >= 0.3 is 18.3 Å². The van der Waals surface area contributed by atoms with Crippen molar-refractivity contribution in [1.29, 1.82) is 0 Å². The number of hydrogen-bond acceptors (Lipinski definition) is 5. The highest BCUT2D eigenvalue weighted by molar-refractivity contribution is 5.99. The zero-order valence-electron chi connectivity index (χ0n) is 30.8. The number of unbranched alkanes of at least 4 members (excludes halogenated alkanes) is 5. The summed E-state index contributed by atoms with van der Waals surface area (Å²) in [5.74, 6) is -2.51. The molecule has 0 unspecified atom stereocenters. The van der Waals surface area contributed by atoms with Gasteiger partial charge in [0.25, 0.3) is 5.91 Å². The van der Waals surface area contributed by atoms with Crippen LogP contribution in [0.1, 0.15) is 75.9 Å². The van der Waals surface area contributed by atoms with E-state index < -0.39 is 41.1 Å². The molecule has 0 aliphatic rings. The third-order valence-corrected chi connectivity index (χ3v) is 9.17. The van der Waals surface area contributed by atoms with E-state index in [-0.39, 0.29) is 58.1 Å². The molecular formula is C44H41F6NO6. The lowest BCUT2D eigenvalue weighted by atomic mass is 9.92. The molecule has 13 heteroatoms. The SMILES string of the molecule is O=C(NCCCCCCCCc1ccccc1)c1cc(-c2cccc(C(F)(F)F)c2)c(OCCOc2ccc(C(=O)O)c(O)c2)c(-c2cccc(C(F)(F)F)c2)c1. The molecule has 0 saturated heterocycles. The van der Waals surface area contributed by atoms with Crippen LogP contribution < -0.4 is 14.8 Å². The first-order chi connectivity index (χ1) is 27.2. The van der Waals surface area contributed by atoms with Gasteiger partial charge in [0.05, 0.1) is 11.1 Å². The predicted octanol–water partition coefficient (Wildman–Crippen LogP) is 11.2. The first kappa shape index (κ1) is 42.2. The number of amides is 1. The molecule has 0 aliphatic carbocycles. The molecular weight excluding hydrogens is 752 g/mol. The van der Waals surface area contributed by atoms with Gasteiger partial charge in [-0.2, -0.15) is 26.3 Å². The molecule has 0 saturated carbocycles. The Bertz CT molecular complexity index is 2060. The van der Waals surface area contributed by atoms with Crippen LogP contribution in [0.2, 0.25) is 0 Å². The number of carboxylic acid groups (broad SMARTS) is 1. The number of aromatic hydroxyl groups is 1. The van der Waals surface area contributed by atoms with Crippen molar-refractivity contribution >= 4 is 11.9 Å². The monoisotopic (exact) mass is 793 g/mol. The minimum absolute atomic E-state index is 0.00618. The molecule has 5 rings (SSSR count). The topological polar surface area (TPSA) is 105 Å². The van der Waals surface area contributed by atoms with Crippen LogP contribution >= 0.6 is 0 Å². The third kappa shape index (κ3) is 12.0. The molecule has 0 bridgehead atoms. The number of phenols is 1. The van der Waals surface area contributed by atoms with E-state index in [1.54, 1.807) is 0 Å². The van der Waals surface area contributed by atoms with Crippen molar-refractivity contribution in [2.75, 3.05) is 19.8 Å². The van der Waals surface area contributed by atoms with E-state index in [2.05, 4.69) is 17.4 Å². The van der Waals surface area contributed by atoms with Crippen LogP contribution in [0, 0.1) is 0 Å². The summed E-state index contributed by atoms with van der Waals surface area (Å²) in [5.41, 5.74) is -1.04. The molecule has 3 N–H and O–H groups in total. The summed E-state index contributed by atoms with van der Waals surface area (Å²) in [5, 5.41) is 22.0. The molecule has 0 atom stereocenters. The van der Waals surface area contributed by atoms with E-state index in [1.807, 2.05) is 18.2 Å². The van der Waals surface area contributed by atoms with Crippen LogP contribution in [0.4, 0.5) is 26.3 Å². The second-order valence-electron chi connectivity index (χ2n) is 13.4. The molecule has 5 aromatic rings. The number of alkyl halides is 6. The lowest BCUT2D eigenvalue weighted by Crippen LogP contribution is -2.24. The van der Waals surface area contributed by atoms with E-state index in [9.17, 15) is 41.0 Å². The van der Waals surface area contributed by atoms with Crippen LogP contribution in [-0.2, 0) is 18.8 Å². The van der Waals surface area contributed by atoms with E-state index >= 15 is 0 Å². The molecule has 0 heterocycles. The molecule has 5 aromatic carbocycles. The van der Waals surface area contributed by atoms with Gasteiger partial charge in [0.1, 0.15) is 36.0 Å². The second kappa shape index (κ2) is 19.2. The van der Waals surface area contributed by atoms with Crippen LogP contribution in [0.5, 0.6) is 17.2 Å². The van der Waals surface area contributed by atoms with Crippen molar-refractivity contribution in [3.05, 3.63) is 137 Å². The smallest absolute Gasteiger partial charge is 0.416 e. The Morgan fingerprint density at radius 2 is 1.18 bits per heavy atom. The lowest BCUT2D eigenvalue weighted by Gasteiger charge is -2.20. The first-order valence-corrected chi connectivity index (χ1v) is 18.4. The molecule has 0 radical (unpaired) electrons. The van der Waals surface area contributed by atoms with E-state index in [0.29, 0.717) is 13.0 Å². The summed E-state index contributed by atoms with van der Waals surface area (Å²) < 4.78 is 95.0. The number of halogens is 6. The number of hydrogen-bond donors (Lipinski definition) is 3. The number of benzene rings is 5. The van der Waals surface area contributed by atoms with E-state index in [0.717, 1.165) is 74.9 Å². The van der Waals surface area contributed by atoms with E-state index in [4.69, 9.17) is 14.6 Å². The number of nitrogens with one attached hydrogen (secondary N) is 1. The van der Waals surface area contributed by atoms with Gasteiger partial charge in [-0.25, -0.2) is 4.79 Å². The minimum atomic E-state index is -4.73. The minimum Gasteiger partial charge on any atom is -0.507 e. The Balaban J connectivity index is 1.39. The second-order valence-corrected chi connectivity index (χ2v) is 13.4. The Kier molecular flexibility index (Phi) is 14.2. The fraction of sp³-hybridized carbons (Fsp3) is 0.273. The van der Waals surface area contributed by atoms with Crippen molar-refractivity contribution in [3.63, 3.8) is 0 Å². The standard InChI is InChI=1S/C44H41F6NO6/c45-43(46,47)33-17-10-15-30(24-33)37-26-32(41(53)51-21-9-4-2-1-3-6-12-29-13-7-5-8-14-29)27-38(31-16-11-18-34(25-31)44(48,49)50)40(37)57-23-22-56-35-19-20-36(42(54)55)39(52)28-35/h5,7-8,10-11,13-20,24-28,52H,1-4,6,9,12,21-23H2,(H,51,53)(H,54,55). The fourth-order valence-corrected chi connectivity index (χ4v) is 6.27. The van der Waals surface area contributed by atoms with Gasteiger partial charge < -0.3 is 25.0 Å². The number of aryl methyl sites for hydroxylation is 1. The summed E-state index contributed by atoms with van der Waals surface area (Å²) in [7, 11) is 0. The van der Waals surface area contributed by atoms with Crippen LogP contribution in [0.15, 0.2) is 109 Å². The first-order valence-electron chi connectivity index (χ1n) is 18.4. The van der Waals surface area contributed by atoms with Crippen molar-refractivity contribution in [2.45, 2.75) is 57.3 Å². The predicted molar refractivity (Wildman–Crippen MR) is 204 cm³/mol. The molecule has 0 aromatic heterocycles. The Morgan fingerprint density at radius 3 is 1.74 bits per heavy atom. The fourth-order valence-electron chi connectivity index (χ4n) is 6.27. The van der Waals surface area contributed by atoms with Crippen LogP contribution in [0.25, 0.3) is 22.3 Å². The average molecular weight is 794 g/mol. The molecule has 0 aliphatic heterocycles. The van der Waals surface area contributed by atoms with Crippen molar-refractivity contribution in [2.24, 2.45) is 0 Å². The van der Waals surface area contributed by atoms with Gasteiger partial charge in [0, 0.05) is 29.3 Å². The van der Waals surface area contributed by atoms with Crippen LogP contribution in [-0.4, -0.2) is 41.8 Å². The van der Waals surface area contributed by atoms with Crippen molar-refractivity contribution in [3.8, 4) is 39.5 Å². The number of aromatic carboxylic acids is 1. The Labute approximate surface area is 325 Å². The van der Waals surface area contributed by atoms with E-state index in [1.165, 1.54) is 48.0 Å². The molecule has 1 amide bonds. The van der Waals surface area contributed by atoms with Gasteiger partial charge in [-0.15, -0.1) is 0 Å². The summed E-state index contributed by atoms with van der Waals surface area (Å²) in [6.07, 6.45) is -2.78. The van der Waals surface area contributed by atoms with Gasteiger partial charge in [-0.3, -0.25) is 4.79 Å². The van der Waals surface area contributed by atoms with Gasteiger partial charge in [0.15, 0.2) is 0 Å². The van der Waals surface area contributed by atoms with Gasteiger partial charge in [0.2, 0.25) is 0 Å². The number of ether oxygens (including phenoxy) is 2. The highest BCUT2D eigenvalue weighted by Gasteiger charge is 2.32. The van der Waals surface area contributed by atoms with Gasteiger partial charge in [-0.05, 0) is 84.5 Å². The van der Waals surface area contributed by atoms with Crippen LogP contribution in [0.3, 0.4) is 0 Å².